The Morgan fingerprint density at radius 3 is 1.94 bits per heavy atom. The average molecular weight is 445 g/mol. The Morgan fingerprint density at radius 2 is 1.32 bits per heavy atom. The van der Waals surface area contributed by atoms with Crippen molar-refractivity contribution in [1.82, 2.24) is 0 Å². The van der Waals surface area contributed by atoms with Crippen molar-refractivity contribution < 1.29 is 35.1 Å². The predicted octanol–water partition coefficient (Wildman–Crippen LogP) is 2.78. The highest BCUT2D eigenvalue weighted by Gasteiger charge is 2.30. The zero-order chi connectivity index (χ0) is 23.3. The largest absolute Gasteiger partial charge is 0.463 e. The normalized spacial score (nSPS) is 15.9. The maximum atomic E-state index is 11.7. The Balaban J connectivity index is 3.60. The second kappa shape index (κ2) is 20.6. The quantitative estimate of drug-likeness (QED) is 0.111. The molecule has 0 saturated heterocycles. The molecule has 182 valence electrons. The first-order chi connectivity index (χ1) is 14.9. The van der Waals surface area contributed by atoms with Gasteiger partial charge in [-0.3, -0.25) is 4.79 Å². The number of unbranched alkanes of at least 4 members (excludes halogenated alkanes) is 8. The van der Waals surface area contributed by atoms with Crippen molar-refractivity contribution in [3.63, 3.8) is 0 Å². The summed E-state index contributed by atoms with van der Waals surface area (Å²) in [6, 6.07) is 0. The predicted molar refractivity (Wildman–Crippen MR) is 121 cm³/mol. The minimum absolute atomic E-state index is 0.231. The number of aliphatic hydroxyl groups is 5. The third-order valence-corrected chi connectivity index (χ3v) is 5.07. The molecule has 0 aromatic heterocycles. The molecule has 0 aliphatic carbocycles. The van der Waals surface area contributed by atoms with Crippen molar-refractivity contribution in [2.75, 3.05) is 13.2 Å². The lowest BCUT2D eigenvalue weighted by Gasteiger charge is -2.25. The molecule has 0 radical (unpaired) electrons. The van der Waals surface area contributed by atoms with E-state index < -0.39 is 43.6 Å². The molecule has 0 amide bonds. The molecule has 4 unspecified atom stereocenters. The van der Waals surface area contributed by atoms with Crippen LogP contribution in [0.5, 0.6) is 0 Å². The van der Waals surface area contributed by atoms with Crippen molar-refractivity contribution in [2.45, 2.75) is 108 Å². The van der Waals surface area contributed by atoms with Crippen LogP contribution in [0.15, 0.2) is 24.3 Å². The Labute approximate surface area is 187 Å². The molecule has 0 aromatic carbocycles. The number of carbonyl (C=O) groups excluding carboxylic acids is 1. The van der Waals surface area contributed by atoms with Gasteiger partial charge in [-0.15, -0.1) is 0 Å². The van der Waals surface area contributed by atoms with Crippen molar-refractivity contribution >= 4 is 5.97 Å². The maximum absolute atomic E-state index is 11.7. The molecule has 5 N–H and O–H groups in total. The number of aliphatic hydroxyl groups excluding tert-OH is 5. The smallest absolute Gasteiger partial charge is 0.305 e. The summed E-state index contributed by atoms with van der Waals surface area (Å²) in [6.07, 6.45) is 14.6. The summed E-state index contributed by atoms with van der Waals surface area (Å²) in [5.74, 6) is -0.478. The van der Waals surface area contributed by atoms with Gasteiger partial charge in [-0.1, -0.05) is 63.3 Å². The summed E-state index contributed by atoms with van der Waals surface area (Å²) in [4.78, 5) is 11.7. The number of ether oxygens (including phenoxy) is 1. The van der Waals surface area contributed by atoms with Gasteiger partial charge in [0.1, 0.15) is 31.0 Å². The number of hydrogen-bond acceptors (Lipinski definition) is 7. The Morgan fingerprint density at radius 1 is 0.774 bits per heavy atom. The van der Waals surface area contributed by atoms with E-state index in [0.29, 0.717) is 6.42 Å². The van der Waals surface area contributed by atoms with Crippen LogP contribution in [-0.4, -0.2) is 69.1 Å². The number of rotatable bonds is 20. The number of allylic oxidation sites excluding steroid dienone is 4. The van der Waals surface area contributed by atoms with Crippen molar-refractivity contribution in [3.05, 3.63) is 24.3 Å². The van der Waals surface area contributed by atoms with E-state index >= 15 is 0 Å². The van der Waals surface area contributed by atoms with E-state index in [1.807, 2.05) is 0 Å². The number of hydrogen-bond donors (Lipinski definition) is 5. The zero-order valence-corrected chi connectivity index (χ0v) is 19.1. The van der Waals surface area contributed by atoms with Crippen LogP contribution < -0.4 is 0 Å². The fourth-order valence-corrected chi connectivity index (χ4v) is 2.99. The molecule has 0 aliphatic heterocycles. The second-order valence-electron chi connectivity index (χ2n) is 7.96. The maximum Gasteiger partial charge on any atom is 0.305 e. The van der Waals surface area contributed by atoms with Crippen LogP contribution in [0.1, 0.15) is 84.0 Å². The molecule has 31 heavy (non-hydrogen) atoms. The van der Waals surface area contributed by atoms with Gasteiger partial charge < -0.3 is 30.3 Å². The lowest BCUT2D eigenvalue weighted by Crippen LogP contribution is -2.47. The molecular weight excluding hydrogens is 400 g/mol. The lowest BCUT2D eigenvalue weighted by atomic mass is 10.0. The Hall–Kier alpha value is -1.25. The molecule has 0 saturated carbocycles. The van der Waals surface area contributed by atoms with Gasteiger partial charge in [0.25, 0.3) is 0 Å². The molecule has 4 atom stereocenters. The van der Waals surface area contributed by atoms with Gasteiger partial charge in [-0.05, 0) is 38.5 Å². The fraction of sp³-hybridized carbons (Fsp3) is 0.792. The van der Waals surface area contributed by atoms with Gasteiger partial charge >= 0.3 is 5.97 Å². The molecule has 7 nitrogen and oxygen atoms in total. The van der Waals surface area contributed by atoms with Crippen molar-refractivity contribution in [1.29, 1.82) is 0 Å². The minimum atomic E-state index is -1.72. The highest BCUT2D eigenvalue weighted by atomic mass is 16.5. The summed E-state index contributed by atoms with van der Waals surface area (Å²) in [7, 11) is 0. The molecule has 0 fully saturated rings. The lowest BCUT2D eigenvalue weighted by molar-refractivity contribution is -0.156. The summed E-state index contributed by atoms with van der Waals surface area (Å²) in [6.45, 7) is 0.985. The van der Waals surface area contributed by atoms with Crippen LogP contribution in [0, 0.1) is 0 Å². The summed E-state index contributed by atoms with van der Waals surface area (Å²) >= 11 is 0. The van der Waals surface area contributed by atoms with Crippen LogP contribution in [0.2, 0.25) is 0 Å². The standard InChI is InChI=1S/C24H44O7/c1-2-3-4-5-6-7-8-9-10-11-12-13-14-15-16-17-22(28)31-19-21(27)24(30)23(29)20(26)18-25/h6-7,9-10,20-21,23-27,29-30H,2-5,8,11-19H2,1H3. The number of carbonyl (C=O) groups is 1. The van der Waals surface area contributed by atoms with Gasteiger partial charge in [0, 0.05) is 6.42 Å². The van der Waals surface area contributed by atoms with E-state index in [0.717, 1.165) is 38.5 Å². The Bertz CT molecular complexity index is 479. The third-order valence-electron chi connectivity index (χ3n) is 5.07. The number of esters is 1. The van der Waals surface area contributed by atoms with E-state index in [9.17, 15) is 25.2 Å². The SMILES string of the molecule is CCCCCC=CCC=CCCCCCCCC(=O)OCC(O)C(O)C(O)C(O)CO. The minimum Gasteiger partial charge on any atom is -0.463 e. The topological polar surface area (TPSA) is 127 Å². The van der Waals surface area contributed by atoms with Crippen molar-refractivity contribution in [2.24, 2.45) is 0 Å². The van der Waals surface area contributed by atoms with Gasteiger partial charge in [-0.25, -0.2) is 0 Å². The van der Waals surface area contributed by atoms with Crippen LogP contribution >= 0.6 is 0 Å². The highest BCUT2D eigenvalue weighted by molar-refractivity contribution is 5.69. The van der Waals surface area contributed by atoms with E-state index in [2.05, 4.69) is 31.2 Å². The summed E-state index contributed by atoms with van der Waals surface area (Å²) in [5, 5.41) is 46.8. The molecular formula is C24H44O7. The molecule has 7 heteroatoms. The van der Waals surface area contributed by atoms with Crippen LogP contribution in [-0.2, 0) is 9.53 Å². The molecule has 0 rings (SSSR count). The average Bonchev–Trinajstić information content (AvgIpc) is 2.78. The first kappa shape index (κ1) is 29.8. The van der Waals surface area contributed by atoms with Crippen LogP contribution in [0.25, 0.3) is 0 Å². The molecule has 0 aromatic rings. The molecule has 0 heterocycles. The summed E-state index contributed by atoms with van der Waals surface area (Å²) in [5.41, 5.74) is 0. The van der Waals surface area contributed by atoms with Crippen molar-refractivity contribution in [3.8, 4) is 0 Å². The van der Waals surface area contributed by atoms with E-state index in [4.69, 9.17) is 9.84 Å². The van der Waals surface area contributed by atoms with Gasteiger partial charge in [-0.2, -0.15) is 0 Å². The summed E-state index contributed by atoms with van der Waals surface area (Å²) < 4.78 is 4.89. The fourth-order valence-electron chi connectivity index (χ4n) is 2.99. The second-order valence-corrected chi connectivity index (χ2v) is 7.96. The van der Waals surface area contributed by atoms with Gasteiger partial charge in [0.2, 0.25) is 0 Å². The van der Waals surface area contributed by atoms with Gasteiger partial charge in [0.05, 0.1) is 6.61 Å². The van der Waals surface area contributed by atoms with Crippen LogP contribution in [0.3, 0.4) is 0 Å². The van der Waals surface area contributed by atoms with E-state index in [1.54, 1.807) is 0 Å². The Kier molecular flexibility index (Phi) is 19.8. The monoisotopic (exact) mass is 444 g/mol. The van der Waals surface area contributed by atoms with E-state index in [1.165, 1.54) is 25.7 Å². The molecule has 0 spiro atoms. The van der Waals surface area contributed by atoms with Crippen LogP contribution in [0.4, 0.5) is 0 Å². The molecule has 0 aliphatic rings. The third kappa shape index (κ3) is 17.0. The van der Waals surface area contributed by atoms with Gasteiger partial charge in [0.15, 0.2) is 0 Å². The first-order valence-corrected chi connectivity index (χ1v) is 11.7. The highest BCUT2D eigenvalue weighted by Crippen LogP contribution is 2.10. The zero-order valence-electron chi connectivity index (χ0n) is 19.1. The molecule has 0 bridgehead atoms. The van der Waals surface area contributed by atoms with E-state index in [-0.39, 0.29) is 6.42 Å². The first-order valence-electron chi connectivity index (χ1n) is 11.7.